The number of ether oxygens (including phenoxy) is 1. The molecule has 7 heterocycles. The van der Waals surface area contributed by atoms with Gasteiger partial charge in [-0.25, -0.2) is 9.97 Å². The van der Waals surface area contributed by atoms with Gasteiger partial charge < -0.3 is 29.2 Å². The van der Waals surface area contributed by atoms with Crippen LogP contribution in [0.2, 0.25) is 0 Å². The van der Waals surface area contributed by atoms with Crippen molar-refractivity contribution >= 4 is 28.9 Å². The average molecular weight is 693 g/mol. The number of aromatic nitrogens is 4. The minimum Gasteiger partial charge on any atom is -0.392 e. The van der Waals surface area contributed by atoms with Crippen LogP contribution in [0.4, 0.5) is 23.0 Å². The van der Waals surface area contributed by atoms with Crippen LogP contribution in [0.3, 0.4) is 0 Å². The van der Waals surface area contributed by atoms with Crippen LogP contribution in [0.25, 0.3) is 11.1 Å². The zero-order valence-electron chi connectivity index (χ0n) is 30.2. The lowest BCUT2D eigenvalue weighted by Gasteiger charge is -2.48. The molecule has 0 radical (unpaired) electrons. The van der Waals surface area contributed by atoms with Crippen molar-refractivity contribution in [2.24, 2.45) is 18.4 Å². The van der Waals surface area contributed by atoms with E-state index in [4.69, 9.17) is 9.72 Å². The third kappa shape index (κ3) is 6.02. The van der Waals surface area contributed by atoms with E-state index in [1.54, 1.807) is 30.4 Å². The van der Waals surface area contributed by atoms with Gasteiger partial charge in [-0.05, 0) is 65.6 Å². The van der Waals surface area contributed by atoms with E-state index in [2.05, 4.69) is 58.4 Å². The number of rotatable bonds is 8. The monoisotopic (exact) mass is 692 g/mol. The zero-order chi connectivity index (χ0) is 35.6. The van der Waals surface area contributed by atoms with Crippen molar-refractivity contribution in [3.63, 3.8) is 0 Å². The first kappa shape index (κ1) is 33.6. The number of fused-ring (bicyclic) bond motifs is 3. The smallest absolute Gasteiger partial charge is 0.276 e. The predicted octanol–water partition coefficient (Wildman–Crippen LogP) is 4.21. The van der Waals surface area contributed by atoms with Crippen molar-refractivity contribution in [1.29, 1.82) is 0 Å². The van der Waals surface area contributed by atoms with E-state index in [9.17, 15) is 14.7 Å². The molecule has 0 aromatic carbocycles. The van der Waals surface area contributed by atoms with Crippen LogP contribution in [0.1, 0.15) is 55.0 Å². The van der Waals surface area contributed by atoms with Crippen molar-refractivity contribution < 1.29 is 14.6 Å². The third-order valence-electron chi connectivity index (χ3n) is 11.3. The highest BCUT2D eigenvalue weighted by atomic mass is 16.5. The number of aryl methyl sites for hydroxylation is 1. The molecule has 4 aromatic heterocycles. The highest BCUT2D eigenvalue weighted by Gasteiger charge is 2.38. The largest absolute Gasteiger partial charge is 0.392 e. The summed E-state index contributed by atoms with van der Waals surface area (Å²) >= 11 is 0. The number of pyridine rings is 3. The van der Waals surface area contributed by atoms with Crippen LogP contribution < -0.4 is 20.7 Å². The summed E-state index contributed by atoms with van der Waals surface area (Å²) in [7, 11) is 1.71. The van der Waals surface area contributed by atoms with Crippen LogP contribution >= 0.6 is 0 Å². The van der Waals surface area contributed by atoms with Gasteiger partial charge in [0.05, 0.1) is 37.7 Å². The Morgan fingerprint density at radius 1 is 1.04 bits per heavy atom. The zero-order valence-corrected chi connectivity index (χ0v) is 30.2. The van der Waals surface area contributed by atoms with E-state index in [-0.39, 0.29) is 23.5 Å². The average Bonchev–Trinajstić information content (AvgIpc) is 3.58. The van der Waals surface area contributed by atoms with Crippen molar-refractivity contribution in [2.45, 2.75) is 65.8 Å². The Hall–Kier alpha value is -4.52. The van der Waals surface area contributed by atoms with Crippen molar-refractivity contribution in [1.82, 2.24) is 24.0 Å². The quantitative estimate of drug-likeness (QED) is 0.280. The Labute approximate surface area is 298 Å². The first-order valence-electron chi connectivity index (χ1n) is 18.2. The van der Waals surface area contributed by atoms with Gasteiger partial charge in [0.1, 0.15) is 23.0 Å². The van der Waals surface area contributed by atoms with Gasteiger partial charge in [-0.3, -0.25) is 19.4 Å². The lowest BCUT2D eigenvalue weighted by atomic mass is 9.90. The van der Waals surface area contributed by atoms with Gasteiger partial charge in [0, 0.05) is 75.0 Å². The second-order valence-electron chi connectivity index (χ2n) is 15.7. The molecule has 1 aliphatic carbocycles. The van der Waals surface area contributed by atoms with Crippen molar-refractivity contribution in [3.05, 3.63) is 81.8 Å². The molecular formula is C39H48N8O4. The third-order valence-corrected chi connectivity index (χ3v) is 11.3. The van der Waals surface area contributed by atoms with Gasteiger partial charge in [-0.15, -0.1) is 0 Å². The molecule has 3 aliphatic heterocycles. The first-order chi connectivity index (χ1) is 24.5. The standard InChI is InChI=1S/C39H48N8O4/c1-24(2)34-20-44(28-22-51-23-28)10-11-45(34)27-6-7-35(41-18-27)42-31-14-26(19-43(5)37(31)49)29-8-9-40-36(30(29)21-48)47-13-12-46-32(38(47)50)15-25-16-39(3,4)17-33(25)46/h6-9,14-15,18-19,24,28,34,48H,10-13,16-17,20-23H2,1-5H3,(H,41,42). The molecule has 4 aliphatic rings. The molecule has 268 valence electrons. The van der Waals surface area contributed by atoms with Crippen LogP contribution in [-0.2, 0) is 37.8 Å². The maximum atomic E-state index is 13.9. The maximum absolute atomic E-state index is 13.9. The molecule has 1 amide bonds. The normalized spacial score (nSPS) is 20.5. The summed E-state index contributed by atoms with van der Waals surface area (Å²) in [6, 6.07) is 10.5. The molecule has 51 heavy (non-hydrogen) atoms. The van der Waals surface area contributed by atoms with Gasteiger partial charge in [-0.1, -0.05) is 27.7 Å². The predicted molar refractivity (Wildman–Crippen MR) is 198 cm³/mol. The SMILES string of the molecule is CC(C)C1CN(C2COC2)CCN1c1ccc(Nc2cc(-c3ccnc(N4CCn5c(cc6c5CC(C)(C)C6)C4=O)c3CO)cn(C)c2=O)nc1. The molecule has 1 unspecified atom stereocenters. The maximum Gasteiger partial charge on any atom is 0.276 e. The number of nitrogens with zero attached hydrogens (tertiary/aromatic N) is 7. The molecule has 0 bridgehead atoms. The Bertz CT molecular complexity index is 2030. The number of nitrogens with one attached hydrogen (secondary N) is 1. The lowest BCUT2D eigenvalue weighted by molar-refractivity contribution is -0.0712. The highest BCUT2D eigenvalue weighted by molar-refractivity contribution is 6.06. The number of piperazine rings is 1. The number of aliphatic hydroxyl groups excluding tert-OH is 1. The van der Waals surface area contributed by atoms with Crippen LogP contribution in [0.15, 0.2) is 53.7 Å². The summed E-state index contributed by atoms with van der Waals surface area (Å²) in [5, 5.41) is 14.0. The molecule has 12 nitrogen and oxygen atoms in total. The van der Waals surface area contributed by atoms with Crippen LogP contribution in [-0.4, -0.2) is 86.5 Å². The van der Waals surface area contributed by atoms with Crippen LogP contribution in [0.5, 0.6) is 0 Å². The van der Waals surface area contributed by atoms with Crippen LogP contribution in [0, 0.1) is 11.3 Å². The number of aliphatic hydroxyl groups is 1. The van der Waals surface area contributed by atoms with E-state index in [0.29, 0.717) is 70.8 Å². The van der Waals surface area contributed by atoms with E-state index in [1.807, 2.05) is 24.4 Å². The molecule has 2 fully saturated rings. The number of hydrogen-bond donors (Lipinski definition) is 2. The summed E-state index contributed by atoms with van der Waals surface area (Å²) in [6.07, 6.45) is 7.21. The number of carbonyl (C=O) groups excluding carboxylic acids is 1. The number of hydrogen-bond acceptors (Lipinski definition) is 9. The Morgan fingerprint density at radius 3 is 2.57 bits per heavy atom. The molecule has 0 saturated carbocycles. The molecule has 12 heteroatoms. The fourth-order valence-electron chi connectivity index (χ4n) is 8.46. The Kier molecular flexibility index (Phi) is 8.51. The van der Waals surface area contributed by atoms with Gasteiger partial charge in [0.15, 0.2) is 0 Å². The van der Waals surface area contributed by atoms with Crippen molar-refractivity contribution in [2.75, 3.05) is 54.5 Å². The van der Waals surface area contributed by atoms with E-state index >= 15 is 0 Å². The molecule has 0 spiro atoms. The minimum absolute atomic E-state index is 0.111. The van der Waals surface area contributed by atoms with Gasteiger partial charge in [0.25, 0.3) is 11.5 Å². The molecule has 2 saturated heterocycles. The van der Waals surface area contributed by atoms with Gasteiger partial charge >= 0.3 is 0 Å². The number of carbonyl (C=O) groups is 1. The first-order valence-corrected chi connectivity index (χ1v) is 18.2. The molecule has 4 aromatic rings. The summed E-state index contributed by atoms with van der Waals surface area (Å²) in [5.74, 6) is 1.37. The fraction of sp³-hybridized carbons (Fsp3) is 0.487. The minimum atomic E-state index is -0.317. The number of anilines is 4. The molecule has 1 atom stereocenters. The van der Waals surface area contributed by atoms with Crippen molar-refractivity contribution in [3.8, 4) is 11.1 Å². The van der Waals surface area contributed by atoms with Gasteiger partial charge in [0.2, 0.25) is 0 Å². The molecule has 2 N–H and O–H groups in total. The van der Waals surface area contributed by atoms with E-state index in [0.717, 1.165) is 51.4 Å². The van der Waals surface area contributed by atoms with E-state index < -0.39 is 0 Å². The summed E-state index contributed by atoms with van der Waals surface area (Å²) in [4.78, 5) is 43.3. The Balaban J connectivity index is 1.04. The fourth-order valence-corrected chi connectivity index (χ4v) is 8.46. The summed E-state index contributed by atoms with van der Waals surface area (Å²) in [6.45, 7) is 14.5. The topological polar surface area (TPSA) is 121 Å². The Morgan fingerprint density at radius 2 is 1.86 bits per heavy atom. The molecular weight excluding hydrogens is 644 g/mol. The summed E-state index contributed by atoms with van der Waals surface area (Å²) in [5.41, 5.74) is 6.57. The highest BCUT2D eigenvalue weighted by Crippen LogP contribution is 2.40. The summed E-state index contributed by atoms with van der Waals surface area (Å²) < 4.78 is 9.15. The van der Waals surface area contributed by atoms with E-state index in [1.165, 1.54) is 15.8 Å². The van der Waals surface area contributed by atoms with Gasteiger partial charge in [-0.2, -0.15) is 0 Å². The second-order valence-corrected chi connectivity index (χ2v) is 15.7. The lowest BCUT2D eigenvalue weighted by Crippen LogP contribution is -2.61. The molecule has 8 rings (SSSR count). The number of amides is 1. The second kappa shape index (κ2) is 12.9.